The van der Waals surface area contributed by atoms with E-state index in [-0.39, 0.29) is 0 Å². The van der Waals surface area contributed by atoms with E-state index in [9.17, 15) is 5.02 Å². The maximum absolute atomic E-state index is 9.79. The van der Waals surface area contributed by atoms with Crippen molar-refractivity contribution in [1.29, 1.82) is 0 Å². The number of fused-ring (bicyclic) bond motifs is 2. The second-order valence-corrected chi connectivity index (χ2v) is 5.25. The van der Waals surface area contributed by atoms with Crippen LogP contribution in [-0.2, 0) is 11.3 Å². The molecule has 0 saturated heterocycles. The Hall–Kier alpha value is -1.75. The highest BCUT2D eigenvalue weighted by Gasteiger charge is 2.29. The van der Waals surface area contributed by atoms with Gasteiger partial charge in [-0.2, -0.15) is 0 Å². The van der Waals surface area contributed by atoms with Crippen molar-refractivity contribution < 1.29 is 14.1 Å². The molecular formula is C15H10BClO3. The predicted molar refractivity (Wildman–Crippen MR) is 79.1 cm³/mol. The molecule has 0 fully saturated rings. The molecule has 20 heavy (non-hydrogen) atoms. The molecule has 4 rings (SSSR count). The van der Waals surface area contributed by atoms with Crippen molar-refractivity contribution in [2.45, 2.75) is 6.61 Å². The molecule has 2 aromatic carbocycles. The Bertz CT molecular complexity index is 779. The maximum Gasteiger partial charge on any atom is 0.491 e. The third-order valence-electron chi connectivity index (χ3n) is 3.58. The second-order valence-electron chi connectivity index (χ2n) is 4.84. The fourth-order valence-corrected chi connectivity index (χ4v) is 2.83. The van der Waals surface area contributed by atoms with Gasteiger partial charge in [-0.15, -0.1) is 0 Å². The lowest BCUT2D eigenvalue weighted by molar-refractivity contribution is 0.275. The van der Waals surface area contributed by atoms with E-state index in [1.54, 1.807) is 0 Å². The summed E-state index contributed by atoms with van der Waals surface area (Å²) < 4.78 is 11.0. The fourth-order valence-electron chi connectivity index (χ4n) is 2.55. The summed E-state index contributed by atoms with van der Waals surface area (Å²) in [5.41, 5.74) is 3.26. The van der Waals surface area contributed by atoms with Gasteiger partial charge >= 0.3 is 7.12 Å². The zero-order chi connectivity index (χ0) is 13.7. The molecule has 0 radical (unpaired) electrons. The van der Waals surface area contributed by atoms with Gasteiger partial charge in [0.2, 0.25) is 0 Å². The lowest BCUT2D eigenvalue weighted by Crippen LogP contribution is -2.28. The van der Waals surface area contributed by atoms with Gasteiger partial charge in [0, 0.05) is 10.9 Å². The molecule has 5 heteroatoms. The molecule has 0 unspecified atom stereocenters. The molecule has 1 aliphatic rings. The van der Waals surface area contributed by atoms with Crippen LogP contribution in [0.25, 0.3) is 22.3 Å². The van der Waals surface area contributed by atoms with Gasteiger partial charge < -0.3 is 14.1 Å². The molecule has 0 atom stereocenters. The number of halogens is 1. The van der Waals surface area contributed by atoms with E-state index in [2.05, 4.69) is 0 Å². The van der Waals surface area contributed by atoms with Crippen molar-refractivity contribution in [3.63, 3.8) is 0 Å². The molecule has 1 N–H and O–H groups in total. The average Bonchev–Trinajstić information content (AvgIpc) is 3.02. The van der Waals surface area contributed by atoms with Crippen LogP contribution in [0.15, 0.2) is 46.9 Å². The van der Waals surface area contributed by atoms with Crippen LogP contribution in [0.1, 0.15) is 5.56 Å². The zero-order valence-corrected chi connectivity index (χ0v) is 11.2. The Morgan fingerprint density at radius 3 is 2.85 bits per heavy atom. The van der Waals surface area contributed by atoms with Gasteiger partial charge in [-0.05, 0) is 35.3 Å². The number of furan rings is 1. The van der Waals surface area contributed by atoms with E-state index >= 15 is 0 Å². The molecule has 0 amide bonds. The van der Waals surface area contributed by atoms with E-state index in [1.807, 2.05) is 42.5 Å². The SMILES string of the molecule is OB1OCc2cc(Cl)c(-c3cc4ccccc4o3)cc21. The number of benzene rings is 2. The van der Waals surface area contributed by atoms with Gasteiger partial charge in [0.25, 0.3) is 0 Å². The highest BCUT2D eigenvalue weighted by Crippen LogP contribution is 2.33. The van der Waals surface area contributed by atoms with Gasteiger partial charge in [0.15, 0.2) is 0 Å². The summed E-state index contributed by atoms with van der Waals surface area (Å²) in [5.74, 6) is 0.693. The zero-order valence-electron chi connectivity index (χ0n) is 10.5. The largest absolute Gasteiger partial charge is 0.491 e. The number of rotatable bonds is 1. The van der Waals surface area contributed by atoms with Crippen molar-refractivity contribution in [3.8, 4) is 11.3 Å². The summed E-state index contributed by atoms with van der Waals surface area (Å²) in [4.78, 5) is 0. The minimum Gasteiger partial charge on any atom is -0.456 e. The monoisotopic (exact) mass is 284 g/mol. The standard InChI is InChI=1S/C15H10BClO3/c17-13-5-10-8-19-16(18)12(10)7-11(13)15-6-9-3-1-2-4-14(9)20-15/h1-7,18H,8H2. The Labute approximate surface area is 120 Å². The van der Waals surface area contributed by atoms with E-state index in [0.717, 1.165) is 27.6 Å². The summed E-state index contributed by atoms with van der Waals surface area (Å²) in [6.07, 6.45) is 0. The van der Waals surface area contributed by atoms with Gasteiger partial charge in [0.05, 0.1) is 11.6 Å². The number of hydrogen-bond acceptors (Lipinski definition) is 3. The van der Waals surface area contributed by atoms with Crippen LogP contribution >= 0.6 is 11.6 Å². The van der Waals surface area contributed by atoms with Crippen LogP contribution in [-0.4, -0.2) is 12.1 Å². The maximum atomic E-state index is 9.79. The minimum atomic E-state index is -0.884. The van der Waals surface area contributed by atoms with E-state index in [0.29, 0.717) is 17.4 Å². The molecule has 0 spiro atoms. The Balaban J connectivity index is 1.91. The molecule has 0 saturated carbocycles. The lowest BCUT2D eigenvalue weighted by atomic mass is 9.78. The second kappa shape index (κ2) is 4.38. The fraction of sp³-hybridized carbons (Fsp3) is 0.0667. The Morgan fingerprint density at radius 2 is 2.00 bits per heavy atom. The predicted octanol–water partition coefficient (Wildman–Crippen LogP) is 2.97. The lowest BCUT2D eigenvalue weighted by Gasteiger charge is -2.05. The first-order valence-corrected chi connectivity index (χ1v) is 6.71. The number of hydrogen-bond donors (Lipinski definition) is 1. The average molecular weight is 285 g/mol. The van der Waals surface area contributed by atoms with E-state index in [4.69, 9.17) is 20.7 Å². The third-order valence-corrected chi connectivity index (χ3v) is 3.90. The minimum absolute atomic E-state index is 0.386. The van der Waals surface area contributed by atoms with Gasteiger partial charge in [-0.3, -0.25) is 0 Å². The molecule has 0 bridgehead atoms. The van der Waals surface area contributed by atoms with Gasteiger partial charge in [-0.1, -0.05) is 29.8 Å². The van der Waals surface area contributed by atoms with Crippen LogP contribution in [0.2, 0.25) is 5.02 Å². The molecule has 3 nitrogen and oxygen atoms in total. The molecule has 3 aromatic rings. The molecule has 1 aliphatic heterocycles. The number of para-hydroxylation sites is 1. The molecular weight excluding hydrogens is 274 g/mol. The van der Waals surface area contributed by atoms with Crippen LogP contribution in [0.5, 0.6) is 0 Å². The first kappa shape index (κ1) is 12.0. The first-order valence-electron chi connectivity index (χ1n) is 6.33. The third kappa shape index (κ3) is 1.77. The van der Waals surface area contributed by atoms with Crippen LogP contribution < -0.4 is 5.46 Å². The quantitative estimate of drug-likeness (QED) is 0.699. The molecule has 1 aromatic heterocycles. The summed E-state index contributed by atoms with van der Waals surface area (Å²) in [6, 6.07) is 13.4. The molecule has 2 heterocycles. The van der Waals surface area contributed by atoms with Crippen LogP contribution in [0.4, 0.5) is 0 Å². The van der Waals surface area contributed by atoms with Crippen molar-refractivity contribution in [1.82, 2.24) is 0 Å². The van der Waals surface area contributed by atoms with E-state index < -0.39 is 7.12 Å². The van der Waals surface area contributed by atoms with Crippen molar-refractivity contribution in [2.75, 3.05) is 0 Å². The topological polar surface area (TPSA) is 42.6 Å². The summed E-state index contributed by atoms with van der Waals surface area (Å²) in [7, 11) is -0.884. The summed E-state index contributed by atoms with van der Waals surface area (Å²) in [5, 5.41) is 11.4. The summed E-state index contributed by atoms with van der Waals surface area (Å²) >= 11 is 6.32. The normalized spacial score (nSPS) is 14.0. The summed E-state index contributed by atoms with van der Waals surface area (Å²) in [6.45, 7) is 0.386. The van der Waals surface area contributed by atoms with Crippen molar-refractivity contribution in [2.24, 2.45) is 0 Å². The van der Waals surface area contributed by atoms with E-state index in [1.165, 1.54) is 0 Å². The van der Waals surface area contributed by atoms with Gasteiger partial charge in [0.1, 0.15) is 11.3 Å². The Kier molecular flexibility index (Phi) is 2.64. The highest BCUT2D eigenvalue weighted by molar-refractivity contribution is 6.61. The highest BCUT2D eigenvalue weighted by atomic mass is 35.5. The van der Waals surface area contributed by atoms with Gasteiger partial charge in [-0.25, -0.2) is 0 Å². The molecule has 0 aliphatic carbocycles. The molecule has 98 valence electrons. The van der Waals surface area contributed by atoms with Crippen LogP contribution in [0, 0.1) is 0 Å². The Morgan fingerprint density at radius 1 is 1.15 bits per heavy atom. The van der Waals surface area contributed by atoms with Crippen molar-refractivity contribution >= 4 is 35.2 Å². The van der Waals surface area contributed by atoms with Crippen molar-refractivity contribution in [3.05, 3.63) is 53.1 Å². The smallest absolute Gasteiger partial charge is 0.456 e. The first-order chi connectivity index (χ1) is 9.72. The van der Waals surface area contributed by atoms with Crippen LogP contribution in [0.3, 0.4) is 0 Å².